The van der Waals surface area contributed by atoms with Gasteiger partial charge in [0.15, 0.2) is 0 Å². The van der Waals surface area contributed by atoms with Gasteiger partial charge in [0, 0.05) is 0 Å². The lowest BCUT2D eigenvalue weighted by molar-refractivity contribution is 0.600. The molecule has 0 aliphatic heterocycles. The highest BCUT2D eigenvalue weighted by Crippen LogP contribution is 2.25. The van der Waals surface area contributed by atoms with E-state index in [1.54, 1.807) is 12.1 Å². The summed E-state index contributed by atoms with van der Waals surface area (Å²) in [5.74, 6) is 0.121. The zero-order valence-corrected chi connectivity index (χ0v) is 10.4. The fourth-order valence-electron chi connectivity index (χ4n) is 2.16. The number of hydrogen-bond donors (Lipinski definition) is 2. The van der Waals surface area contributed by atoms with Gasteiger partial charge in [-0.2, -0.15) is 10.1 Å². The van der Waals surface area contributed by atoms with Gasteiger partial charge < -0.3 is 0 Å². The van der Waals surface area contributed by atoms with Crippen molar-refractivity contribution in [1.82, 2.24) is 15.2 Å². The number of sulfonamides is 1. The molecule has 1 aromatic carbocycles. The van der Waals surface area contributed by atoms with E-state index >= 15 is 0 Å². The van der Waals surface area contributed by atoms with Crippen molar-refractivity contribution in [2.24, 2.45) is 0 Å². The highest BCUT2D eigenvalue weighted by atomic mass is 32.2. The van der Waals surface area contributed by atoms with Gasteiger partial charge in [-0.15, -0.1) is 0 Å². The number of nitrogens with zero attached hydrogens (tertiary/aromatic N) is 2. The summed E-state index contributed by atoms with van der Waals surface area (Å²) in [6.07, 6.45) is 4.32. The molecule has 1 aliphatic rings. The Labute approximate surface area is 105 Å². The molecule has 0 spiro atoms. The monoisotopic (exact) mass is 264 g/mol. The summed E-state index contributed by atoms with van der Waals surface area (Å²) < 4.78 is 26.5. The Bertz CT molecular complexity index is 664. The second-order valence-electron chi connectivity index (χ2n) is 4.22. The molecule has 0 saturated heterocycles. The summed E-state index contributed by atoms with van der Waals surface area (Å²) in [7, 11) is -3.59. The Morgan fingerprint density at radius 2 is 2.06 bits per heavy atom. The van der Waals surface area contributed by atoms with Crippen LogP contribution in [0, 0.1) is 0 Å². The van der Waals surface area contributed by atoms with Gasteiger partial charge in [-0.25, -0.2) is 18.2 Å². The van der Waals surface area contributed by atoms with Crippen molar-refractivity contribution in [3.8, 4) is 0 Å². The number of aromatic amines is 1. The zero-order chi connectivity index (χ0) is 12.6. The zero-order valence-electron chi connectivity index (χ0n) is 9.55. The molecule has 3 rings (SSSR count). The topological polar surface area (TPSA) is 87.7 Å². The molecule has 0 bridgehead atoms. The number of aromatic nitrogens is 3. The van der Waals surface area contributed by atoms with Crippen LogP contribution < -0.4 is 4.72 Å². The third-order valence-corrected chi connectivity index (χ3v) is 4.36. The van der Waals surface area contributed by atoms with Crippen LogP contribution in [0.4, 0.5) is 5.95 Å². The molecule has 0 saturated carbocycles. The predicted octanol–water partition coefficient (Wildman–Crippen LogP) is 1.09. The summed E-state index contributed by atoms with van der Waals surface area (Å²) >= 11 is 0. The minimum absolute atomic E-state index is 0.121. The van der Waals surface area contributed by atoms with Gasteiger partial charge in [-0.1, -0.05) is 6.07 Å². The summed E-state index contributed by atoms with van der Waals surface area (Å²) in [6, 6.07) is 5.25. The number of anilines is 1. The molecule has 1 aliphatic carbocycles. The molecule has 1 aromatic heterocycles. The number of nitrogens with one attached hydrogen (secondary N) is 2. The van der Waals surface area contributed by atoms with Gasteiger partial charge in [0.2, 0.25) is 5.95 Å². The van der Waals surface area contributed by atoms with Crippen LogP contribution in [0.2, 0.25) is 0 Å². The van der Waals surface area contributed by atoms with Gasteiger partial charge in [-0.3, -0.25) is 0 Å². The summed E-state index contributed by atoms with van der Waals surface area (Å²) in [4.78, 5) is 4.01. The molecule has 0 unspecified atom stereocenters. The highest BCUT2D eigenvalue weighted by molar-refractivity contribution is 7.92. The highest BCUT2D eigenvalue weighted by Gasteiger charge is 2.19. The first-order chi connectivity index (χ1) is 8.65. The average molecular weight is 264 g/mol. The van der Waals surface area contributed by atoms with E-state index in [-0.39, 0.29) is 10.8 Å². The maximum Gasteiger partial charge on any atom is 0.264 e. The predicted molar refractivity (Wildman–Crippen MR) is 65.7 cm³/mol. The molecule has 1 heterocycles. The molecule has 18 heavy (non-hydrogen) atoms. The molecule has 0 amide bonds. The smallest absolute Gasteiger partial charge is 0.248 e. The second-order valence-corrected chi connectivity index (χ2v) is 5.91. The van der Waals surface area contributed by atoms with Crippen molar-refractivity contribution in [2.45, 2.75) is 24.2 Å². The Kier molecular flexibility index (Phi) is 2.55. The Balaban J connectivity index is 1.94. The van der Waals surface area contributed by atoms with E-state index in [0.717, 1.165) is 24.8 Å². The number of benzene rings is 1. The lowest BCUT2D eigenvalue weighted by Crippen LogP contribution is -2.14. The Morgan fingerprint density at radius 3 is 2.83 bits per heavy atom. The molecule has 7 heteroatoms. The van der Waals surface area contributed by atoms with Crippen LogP contribution in [0.25, 0.3) is 0 Å². The van der Waals surface area contributed by atoms with Crippen molar-refractivity contribution in [3.05, 3.63) is 35.7 Å². The number of rotatable bonds is 3. The average Bonchev–Trinajstić information content (AvgIpc) is 2.97. The van der Waals surface area contributed by atoms with Crippen LogP contribution in [0.5, 0.6) is 0 Å². The van der Waals surface area contributed by atoms with Gasteiger partial charge >= 0.3 is 0 Å². The summed E-state index contributed by atoms with van der Waals surface area (Å²) in [5.41, 5.74) is 2.36. The van der Waals surface area contributed by atoms with Gasteiger partial charge in [-0.05, 0) is 42.5 Å². The third kappa shape index (κ3) is 1.97. The summed E-state index contributed by atoms with van der Waals surface area (Å²) in [6.45, 7) is 0. The van der Waals surface area contributed by atoms with Crippen molar-refractivity contribution < 1.29 is 8.42 Å². The van der Waals surface area contributed by atoms with Gasteiger partial charge in [0.05, 0.1) is 4.90 Å². The molecule has 0 fully saturated rings. The lowest BCUT2D eigenvalue weighted by atomic mass is 10.1. The van der Waals surface area contributed by atoms with Gasteiger partial charge in [0.25, 0.3) is 10.0 Å². The minimum atomic E-state index is -3.59. The van der Waals surface area contributed by atoms with Crippen molar-refractivity contribution in [1.29, 1.82) is 0 Å². The molecular formula is C11H12N4O2S. The van der Waals surface area contributed by atoms with Crippen LogP contribution in [-0.4, -0.2) is 23.6 Å². The van der Waals surface area contributed by atoms with E-state index in [4.69, 9.17) is 0 Å². The lowest BCUT2D eigenvalue weighted by Gasteiger charge is -2.07. The van der Waals surface area contributed by atoms with Crippen LogP contribution in [0.1, 0.15) is 17.5 Å². The molecule has 94 valence electrons. The molecule has 0 radical (unpaired) electrons. The van der Waals surface area contributed by atoms with E-state index in [9.17, 15) is 8.42 Å². The fourth-order valence-corrected chi connectivity index (χ4v) is 3.17. The van der Waals surface area contributed by atoms with Crippen LogP contribution >= 0.6 is 0 Å². The fraction of sp³-hybridized carbons (Fsp3) is 0.273. The van der Waals surface area contributed by atoms with E-state index < -0.39 is 10.0 Å². The minimum Gasteiger partial charge on any atom is -0.248 e. The Morgan fingerprint density at radius 1 is 1.22 bits per heavy atom. The SMILES string of the molecule is O=S(=O)(Nc1ncn[nH]1)c1ccc2c(c1)CCC2. The molecule has 6 nitrogen and oxygen atoms in total. The van der Waals surface area contributed by atoms with Crippen LogP contribution in [-0.2, 0) is 22.9 Å². The largest absolute Gasteiger partial charge is 0.264 e. The molecule has 0 atom stereocenters. The Hall–Kier alpha value is -1.89. The maximum absolute atomic E-state index is 12.1. The number of H-pyrrole nitrogens is 1. The quantitative estimate of drug-likeness (QED) is 0.868. The first-order valence-corrected chi connectivity index (χ1v) is 7.13. The van der Waals surface area contributed by atoms with Crippen molar-refractivity contribution in [2.75, 3.05) is 4.72 Å². The van der Waals surface area contributed by atoms with E-state index in [0.29, 0.717) is 0 Å². The maximum atomic E-state index is 12.1. The number of hydrogen-bond acceptors (Lipinski definition) is 4. The number of fused-ring (bicyclic) bond motifs is 1. The van der Waals surface area contributed by atoms with Crippen molar-refractivity contribution in [3.63, 3.8) is 0 Å². The first kappa shape index (κ1) is 11.2. The first-order valence-electron chi connectivity index (χ1n) is 5.65. The van der Waals surface area contributed by atoms with Crippen LogP contribution in [0.15, 0.2) is 29.4 Å². The van der Waals surface area contributed by atoms with Gasteiger partial charge in [0.1, 0.15) is 6.33 Å². The third-order valence-electron chi connectivity index (χ3n) is 3.03. The second kappa shape index (κ2) is 4.09. The summed E-state index contributed by atoms with van der Waals surface area (Å²) in [5, 5.41) is 6.06. The number of aryl methyl sites for hydroxylation is 2. The van der Waals surface area contributed by atoms with E-state index in [1.807, 2.05) is 6.07 Å². The van der Waals surface area contributed by atoms with Crippen LogP contribution in [0.3, 0.4) is 0 Å². The van der Waals surface area contributed by atoms with Crippen molar-refractivity contribution >= 4 is 16.0 Å². The molecule has 2 aromatic rings. The molecular weight excluding hydrogens is 252 g/mol. The standard InChI is InChI=1S/C11H12N4O2S/c16-18(17,15-11-12-7-13-14-11)10-5-4-8-2-1-3-9(8)6-10/h4-7H,1-3H2,(H2,12,13,14,15). The molecule has 2 N–H and O–H groups in total. The van der Waals surface area contributed by atoms with E-state index in [1.165, 1.54) is 11.9 Å². The van der Waals surface area contributed by atoms with E-state index in [2.05, 4.69) is 19.9 Å². The normalized spacial score (nSPS) is 14.4.